The predicted molar refractivity (Wildman–Crippen MR) is 76.6 cm³/mol. The van der Waals surface area contributed by atoms with Gasteiger partial charge in [0, 0.05) is 10.9 Å². The highest BCUT2D eigenvalue weighted by Gasteiger charge is 2.15. The monoisotopic (exact) mass is 272 g/mol. The number of ether oxygens (including phenoxy) is 1. The molecule has 0 aliphatic carbocycles. The largest absolute Gasteiger partial charge is 0.496 e. The van der Waals surface area contributed by atoms with Gasteiger partial charge in [-0.05, 0) is 24.4 Å². The van der Waals surface area contributed by atoms with Gasteiger partial charge in [-0.15, -0.1) is 0 Å². The first-order valence-electron chi connectivity index (χ1n) is 6.20. The van der Waals surface area contributed by atoms with Gasteiger partial charge in [0.2, 0.25) is 5.91 Å². The molecule has 0 saturated heterocycles. The van der Waals surface area contributed by atoms with Gasteiger partial charge in [-0.3, -0.25) is 14.9 Å². The normalized spacial score (nSPS) is 11.9. The Balaban J connectivity index is 2.40. The van der Waals surface area contributed by atoms with Crippen LogP contribution in [0.25, 0.3) is 10.8 Å². The minimum Gasteiger partial charge on any atom is -0.496 e. The Hall–Kier alpha value is -2.40. The van der Waals surface area contributed by atoms with Crippen LogP contribution >= 0.6 is 0 Å². The number of carbonyl (C=O) groups is 2. The Morgan fingerprint density at radius 1 is 1.25 bits per heavy atom. The molecule has 2 rings (SSSR count). The van der Waals surface area contributed by atoms with Crippen LogP contribution in [0.1, 0.15) is 17.3 Å². The number of rotatable bonds is 3. The van der Waals surface area contributed by atoms with E-state index >= 15 is 0 Å². The van der Waals surface area contributed by atoms with Crippen molar-refractivity contribution in [1.82, 2.24) is 5.32 Å². The van der Waals surface area contributed by atoms with Crippen molar-refractivity contribution in [2.24, 2.45) is 5.73 Å². The second-order valence-electron chi connectivity index (χ2n) is 4.51. The Kier molecular flexibility index (Phi) is 4.00. The van der Waals surface area contributed by atoms with Gasteiger partial charge in [-0.2, -0.15) is 0 Å². The molecule has 0 radical (unpaired) electrons. The Morgan fingerprint density at radius 3 is 2.60 bits per heavy atom. The fourth-order valence-electron chi connectivity index (χ4n) is 1.87. The zero-order chi connectivity index (χ0) is 14.7. The molecule has 0 spiro atoms. The van der Waals surface area contributed by atoms with Gasteiger partial charge in [0.25, 0.3) is 5.91 Å². The van der Waals surface area contributed by atoms with Gasteiger partial charge in [-0.1, -0.05) is 24.3 Å². The molecule has 5 nitrogen and oxygen atoms in total. The molecule has 3 N–H and O–H groups in total. The molecule has 2 aromatic carbocycles. The van der Waals surface area contributed by atoms with Gasteiger partial charge in [0.1, 0.15) is 5.75 Å². The highest BCUT2D eigenvalue weighted by Crippen LogP contribution is 2.27. The highest BCUT2D eigenvalue weighted by atomic mass is 16.5. The molecule has 104 valence electrons. The molecule has 0 aromatic heterocycles. The molecular formula is C15H16N2O3. The number of carbonyl (C=O) groups excluding carboxylic acids is 2. The summed E-state index contributed by atoms with van der Waals surface area (Å²) < 4.78 is 5.28. The molecule has 20 heavy (non-hydrogen) atoms. The average Bonchev–Trinajstić information content (AvgIpc) is 2.45. The van der Waals surface area contributed by atoms with E-state index in [9.17, 15) is 9.59 Å². The molecule has 0 unspecified atom stereocenters. The van der Waals surface area contributed by atoms with Crippen LogP contribution in [0.4, 0.5) is 0 Å². The topological polar surface area (TPSA) is 81.4 Å². The first kappa shape index (κ1) is 14.0. The van der Waals surface area contributed by atoms with Gasteiger partial charge in [0.05, 0.1) is 13.2 Å². The van der Waals surface area contributed by atoms with Crippen molar-refractivity contribution in [3.8, 4) is 5.75 Å². The van der Waals surface area contributed by atoms with Crippen molar-refractivity contribution in [2.75, 3.05) is 7.11 Å². The quantitative estimate of drug-likeness (QED) is 0.886. The number of imide groups is 1. The molecule has 0 heterocycles. The summed E-state index contributed by atoms with van der Waals surface area (Å²) in [5, 5.41) is 4.03. The molecule has 1 atom stereocenters. The van der Waals surface area contributed by atoms with Crippen molar-refractivity contribution in [2.45, 2.75) is 13.0 Å². The van der Waals surface area contributed by atoms with Crippen LogP contribution in [0.2, 0.25) is 0 Å². The molecule has 0 saturated carbocycles. The second kappa shape index (κ2) is 5.71. The van der Waals surface area contributed by atoms with E-state index in [0.717, 1.165) is 10.8 Å². The Labute approximate surface area is 116 Å². The minimum absolute atomic E-state index is 0.356. The standard InChI is InChI=1S/C15H16N2O3/c1-9(16)14(18)17-15(19)11-7-10-5-3-4-6-12(10)13(8-11)20-2/h3-9H,16H2,1-2H3,(H,17,18,19)/t9-/m0/s1. The van der Waals surface area contributed by atoms with Crippen LogP contribution in [-0.4, -0.2) is 25.0 Å². The van der Waals surface area contributed by atoms with E-state index in [2.05, 4.69) is 5.32 Å². The van der Waals surface area contributed by atoms with Crippen molar-refractivity contribution in [1.29, 1.82) is 0 Å². The number of hydrogen-bond donors (Lipinski definition) is 2. The van der Waals surface area contributed by atoms with Gasteiger partial charge >= 0.3 is 0 Å². The van der Waals surface area contributed by atoms with Crippen molar-refractivity contribution < 1.29 is 14.3 Å². The fourth-order valence-corrected chi connectivity index (χ4v) is 1.87. The number of methoxy groups -OCH3 is 1. The molecule has 0 fully saturated rings. The van der Waals surface area contributed by atoms with E-state index in [0.29, 0.717) is 11.3 Å². The molecule has 0 aliphatic rings. The Bertz CT molecular complexity index is 665. The summed E-state index contributed by atoms with van der Waals surface area (Å²) in [7, 11) is 1.54. The minimum atomic E-state index is -0.735. The van der Waals surface area contributed by atoms with E-state index < -0.39 is 17.9 Å². The van der Waals surface area contributed by atoms with Crippen molar-refractivity contribution >= 4 is 22.6 Å². The smallest absolute Gasteiger partial charge is 0.258 e. The maximum absolute atomic E-state index is 12.0. The summed E-state index contributed by atoms with van der Waals surface area (Å²) in [6.07, 6.45) is 0. The lowest BCUT2D eigenvalue weighted by atomic mass is 10.1. The summed E-state index contributed by atoms with van der Waals surface area (Å²) in [4.78, 5) is 23.5. The number of benzene rings is 2. The maximum atomic E-state index is 12.0. The second-order valence-corrected chi connectivity index (χ2v) is 4.51. The van der Waals surface area contributed by atoms with Gasteiger partial charge in [0.15, 0.2) is 0 Å². The molecule has 5 heteroatoms. The van der Waals surface area contributed by atoms with Crippen LogP contribution in [0.5, 0.6) is 5.75 Å². The molecule has 2 aromatic rings. The Morgan fingerprint density at radius 2 is 1.95 bits per heavy atom. The maximum Gasteiger partial charge on any atom is 0.258 e. The lowest BCUT2D eigenvalue weighted by Gasteiger charge is -2.10. The third-order valence-electron chi connectivity index (χ3n) is 2.96. The average molecular weight is 272 g/mol. The number of nitrogens with two attached hydrogens (primary N) is 1. The number of hydrogen-bond acceptors (Lipinski definition) is 4. The van der Waals surface area contributed by atoms with E-state index in [1.807, 2.05) is 24.3 Å². The molecule has 0 bridgehead atoms. The third kappa shape index (κ3) is 2.78. The van der Waals surface area contributed by atoms with Crippen molar-refractivity contribution in [3.63, 3.8) is 0 Å². The lowest BCUT2D eigenvalue weighted by molar-refractivity contribution is -0.121. The van der Waals surface area contributed by atoms with Crippen LogP contribution in [-0.2, 0) is 4.79 Å². The SMILES string of the molecule is COc1cc(C(=O)NC(=O)[C@H](C)N)cc2ccccc12. The first-order chi connectivity index (χ1) is 9.52. The van der Waals surface area contributed by atoms with E-state index in [1.54, 1.807) is 12.1 Å². The molecule has 0 aliphatic heterocycles. The van der Waals surface area contributed by atoms with E-state index in [1.165, 1.54) is 14.0 Å². The van der Waals surface area contributed by atoms with Crippen LogP contribution in [0.3, 0.4) is 0 Å². The number of fused-ring (bicyclic) bond motifs is 1. The number of amides is 2. The van der Waals surface area contributed by atoms with Crippen LogP contribution in [0.15, 0.2) is 36.4 Å². The fraction of sp³-hybridized carbons (Fsp3) is 0.200. The first-order valence-corrected chi connectivity index (χ1v) is 6.20. The zero-order valence-corrected chi connectivity index (χ0v) is 11.3. The summed E-state index contributed by atoms with van der Waals surface area (Å²) in [5.74, 6) is -0.417. The molecule has 2 amide bonds. The third-order valence-corrected chi connectivity index (χ3v) is 2.96. The van der Waals surface area contributed by atoms with Gasteiger partial charge in [-0.25, -0.2) is 0 Å². The van der Waals surface area contributed by atoms with Gasteiger partial charge < -0.3 is 10.5 Å². The van der Waals surface area contributed by atoms with Crippen LogP contribution in [0, 0.1) is 0 Å². The van der Waals surface area contributed by atoms with Crippen molar-refractivity contribution in [3.05, 3.63) is 42.0 Å². The lowest BCUT2D eigenvalue weighted by Crippen LogP contribution is -2.41. The summed E-state index contributed by atoms with van der Waals surface area (Å²) >= 11 is 0. The number of nitrogens with one attached hydrogen (secondary N) is 1. The highest BCUT2D eigenvalue weighted by molar-refractivity contribution is 6.08. The zero-order valence-electron chi connectivity index (χ0n) is 11.3. The summed E-state index contributed by atoms with van der Waals surface area (Å²) in [5.41, 5.74) is 5.78. The summed E-state index contributed by atoms with van der Waals surface area (Å²) in [6, 6.07) is 10.1. The van der Waals surface area contributed by atoms with Crippen LogP contribution < -0.4 is 15.8 Å². The molecular weight excluding hydrogens is 256 g/mol. The predicted octanol–water partition coefficient (Wildman–Crippen LogP) is 1.45. The van der Waals surface area contributed by atoms with E-state index in [-0.39, 0.29) is 0 Å². The summed E-state index contributed by atoms with van der Waals surface area (Å²) in [6.45, 7) is 1.52. The van der Waals surface area contributed by atoms with E-state index in [4.69, 9.17) is 10.5 Å².